The Morgan fingerprint density at radius 2 is 2.19 bits per heavy atom. The first-order valence-electron chi connectivity index (χ1n) is 6.03. The van der Waals surface area contributed by atoms with E-state index in [1.807, 2.05) is 0 Å². The van der Waals surface area contributed by atoms with Gasteiger partial charge in [0, 0.05) is 18.8 Å². The van der Waals surface area contributed by atoms with Gasteiger partial charge in [0.25, 0.3) is 5.56 Å². The van der Waals surface area contributed by atoms with Gasteiger partial charge in [0.15, 0.2) is 4.77 Å². The van der Waals surface area contributed by atoms with Crippen LogP contribution in [0.25, 0.3) is 0 Å². The van der Waals surface area contributed by atoms with Gasteiger partial charge in [-0.15, -0.1) is 6.58 Å². The molecule has 1 aromatic heterocycles. The number of aromatic nitrogens is 2. The van der Waals surface area contributed by atoms with E-state index in [4.69, 9.17) is 12.2 Å². The SMILES string of the molecule is C=CCn1c(O)c(C=Nc2cccc(O)c2)c(=O)[nH]c1=S. The molecule has 1 aromatic carbocycles. The van der Waals surface area contributed by atoms with Crippen LogP contribution in [0.15, 0.2) is 46.7 Å². The highest BCUT2D eigenvalue weighted by Gasteiger charge is 2.09. The van der Waals surface area contributed by atoms with Crippen molar-refractivity contribution in [3.8, 4) is 11.6 Å². The fourth-order valence-electron chi connectivity index (χ4n) is 1.70. The van der Waals surface area contributed by atoms with Gasteiger partial charge in [-0.25, -0.2) is 0 Å². The third kappa shape index (κ3) is 3.26. The van der Waals surface area contributed by atoms with Gasteiger partial charge < -0.3 is 10.2 Å². The summed E-state index contributed by atoms with van der Waals surface area (Å²) in [6, 6.07) is 6.21. The lowest BCUT2D eigenvalue weighted by molar-refractivity contribution is 0.413. The maximum absolute atomic E-state index is 11.8. The molecule has 2 rings (SSSR count). The third-order valence-electron chi connectivity index (χ3n) is 2.69. The van der Waals surface area contributed by atoms with Crippen LogP contribution < -0.4 is 5.56 Å². The van der Waals surface area contributed by atoms with Gasteiger partial charge in [-0.3, -0.25) is 19.3 Å². The predicted octanol–water partition coefficient (Wildman–Crippen LogP) is 2.25. The molecule has 0 atom stereocenters. The Morgan fingerprint density at radius 3 is 2.86 bits per heavy atom. The lowest BCUT2D eigenvalue weighted by Crippen LogP contribution is -2.18. The van der Waals surface area contributed by atoms with Gasteiger partial charge in [-0.05, 0) is 24.4 Å². The zero-order valence-electron chi connectivity index (χ0n) is 11.0. The van der Waals surface area contributed by atoms with E-state index in [2.05, 4.69) is 16.6 Å². The Morgan fingerprint density at radius 1 is 1.43 bits per heavy atom. The Balaban J connectivity index is 2.49. The smallest absolute Gasteiger partial charge is 0.264 e. The van der Waals surface area contributed by atoms with Crippen molar-refractivity contribution < 1.29 is 10.2 Å². The standard InChI is InChI=1S/C14H13N3O3S/c1-2-6-17-13(20)11(12(19)16-14(17)21)8-15-9-4-3-5-10(18)7-9/h2-5,7-8,18,20H,1,6H2,(H,16,19,21). The zero-order chi connectivity index (χ0) is 15.4. The fraction of sp³-hybridized carbons (Fsp3) is 0.0714. The largest absolute Gasteiger partial charge is 0.508 e. The van der Waals surface area contributed by atoms with Gasteiger partial charge in [-0.1, -0.05) is 12.1 Å². The molecule has 6 nitrogen and oxygen atoms in total. The summed E-state index contributed by atoms with van der Waals surface area (Å²) in [5, 5.41) is 19.5. The number of hydrogen-bond acceptors (Lipinski definition) is 5. The van der Waals surface area contributed by atoms with Gasteiger partial charge in [-0.2, -0.15) is 0 Å². The molecular formula is C14H13N3O3S. The first kappa shape index (κ1) is 14.7. The van der Waals surface area contributed by atoms with Crippen molar-refractivity contribution in [2.24, 2.45) is 4.99 Å². The number of H-pyrrole nitrogens is 1. The summed E-state index contributed by atoms with van der Waals surface area (Å²) in [7, 11) is 0. The number of benzene rings is 1. The lowest BCUT2D eigenvalue weighted by Gasteiger charge is -2.08. The maximum Gasteiger partial charge on any atom is 0.264 e. The Labute approximate surface area is 125 Å². The molecule has 0 spiro atoms. The van der Waals surface area contributed by atoms with Gasteiger partial charge in [0.1, 0.15) is 11.3 Å². The molecule has 0 aliphatic carbocycles. The average Bonchev–Trinajstić information content (AvgIpc) is 2.43. The Bertz CT molecular complexity index is 821. The van der Waals surface area contributed by atoms with E-state index in [0.717, 1.165) is 0 Å². The van der Waals surface area contributed by atoms with Crippen LogP contribution in [-0.4, -0.2) is 26.0 Å². The van der Waals surface area contributed by atoms with Crippen LogP contribution >= 0.6 is 12.2 Å². The summed E-state index contributed by atoms with van der Waals surface area (Å²) in [6.07, 6.45) is 2.77. The number of aliphatic imine (C=N–C) groups is 1. The quantitative estimate of drug-likeness (QED) is 0.459. The topological polar surface area (TPSA) is 90.6 Å². The molecule has 21 heavy (non-hydrogen) atoms. The normalized spacial score (nSPS) is 10.9. The molecule has 0 bridgehead atoms. The maximum atomic E-state index is 11.8. The van der Waals surface area contributed by atoms with Crippen molar-refractivity contribution in [3.63, 3.8) is 0 Å². The van der Waals surface area contributed by atoms with Crippen molar-refractivity contribution in [1.82, 2.24) is 9.55 Å². The zero-order valence-corrected chi connectivity index (χ0v) is 11.8. The summed E-state index contributed by atoms with van der Waals surface area (Å²) in [4.78, 5) is 18.3. The molecule has 0 aliphatic rings. The first-order chi connectivity index (χ1) is 10.0. The van der Waals surface area contributed by atoms with E-state index in [1.54, 1.807) is 18.2 Å². The van der Waals surface area contributed by atoms with E-state index in [-0.39, 0.29) is 28.5 Å². The van der Waals surface area contributed by atoms with Crippen molar-refractivity contribution in [2.75, 3.05) is 0 Å². The highest BCUT2D eigenvalue weighted by atomic mass is 32.1. The van der Waals surface area contributed by atoms with Crippen molar-refractivity contribution in [2.45, 2.75) is 6.54 Å². The highest BCUT2D eigenvalue weighted by molar-refractivity contribution is 7.71. The molecule has 3 N–H and O–H groups in total. The van der Waals surface area contributed by atoms with Crippen molar-refractivity contribution in [1.29, 1.82) is 0 Å². The second-order valence-corrected chi connectivity index (χ2v) is 4.56. The minimum atomic E-state index is -0.540. The molecule has 0 amide bonds. The summed E-state index contributed by atoms with van der Waals surface area (Å²) in [5.41, 5.74) is -0.109. The molecule has 0 unspecified atom stereocenters. The van der Waals surface area contributed by atoms with E-state index in [0.29, 0.717) is 5.69 Å². The van der Waals surface area contributed by atoms with Crippen LogP contribution in [-0.2, 0) is 6.54 Å². The van der Waals surface area contributed by atoms with Crippen LogP contribution in [0, 0.1) is 4.77 Å². The van der Waals surface area contributed by atoms with Crippen LogP contribution in [0.5, 0.6) is 11.6 Å². The number of aromatic hydroxyl groups is 2. The first-order valence-corrected chi connectivity index (χ1v) is 6.44. The van der Waals surface area contributed by atoms with E-state index >= 15 is 0 Å². The molecule has 7 heteroatoms. The highest BCUT2D eigenvalue weighted by Crippen LogP contribution is 2.19. The van der Waals surface area contributed by atoms with Gasteiger partial charge >= 0.3 is 0 Å². The monoisotopic (exact) mass is 303 g/mol. The second kappa shape index (κ2) is 6.19. The molecule has 0 fully saturated rings. The fourth-order valence-corrected chi connectivity index (χ4v) is 1.96. The number of phenols is 1. The summed E-state index contributed by atoms with van der Waals surface area (Å²) < 4.78 is 1.43. The Kier molecular flexibility index (Phi) is 4.34. The molecule has 1 heterocycles. The summed E-state index contributed by atoms with van der Waals surface area (Å²) in [6.45, 7) is 3.82. The van der Waals surface area contributed by atoms with Crippen LogP contribution in [0.2, 0.25) is 0 Å². The minimum absolute atomic E-state index is 0.0196. The van der Waals surface area contributed by atoms with E-state index < -0.39 is 5.56 Å². The number of phenolic OH excluding ortho intramolecular Hbond substituents is 1. The molecule has 0 saturated heterocycles. The summed E-state index contributed by atoms with van der Waals surface area (Å²) >= 11 is 4.97. The lowest BCUT2D eigenvalue weighted by atomic mass is 10.3. The predicted molar refractivity (Wildman–Crippen MR) is 83.1 cm³/mol. The number of hydrogen-bond donors (Lipinski definition) is 3. The van der Waals surface area contributed by atoms with E-state index in [1.165, 1.54) is 22.9 Å². The molecule has 108 valence electrons. The third-order valence-corrected chi connectivity index (χ3v) is 3.01. The molecule has 0 aliphatic heterocycles. The number of aromatic amines is 1. The number of nitrogens with zero attached hydrogens (tertiary/aromatic N) is 2. The number of nitrogens with one attached hydrogen (secondary N) is 1. The molecule has 0 radical (unpaired) electrons. The van der Waals surface area contributed by atoms with Crippen molar-refractivity contribution in [3.05, 3.63) is 57.6 Å². The second-order valence-electron chi connectivity index (χ2n) is 4.17. The van der Waals surface area contributed by atoms with Gasteiger partial charge in [0.2, 0.25) is 5.88 Å². The van der Waals surface area contributed by atoms with Gasteiger partial charge in [0.05, 0.1) is 5.69 Å². The summed E-state index contributed by atoms with van der Waals surface area (Å²) in [5.74, 6) is -0.224. The van der Waals surface area contributed by atoms with Crippen LogP contribution in [0.4, 0.5) is 5.69 Å². The average molecular weight is 303 g/mol. The Hall–Kier alpha value is -2.67. The van der Waals surface area contributed by atoms with E-state index in [9.17, 15) is 15.0 Å². The number of allylic oxidation sites excluding steroid dienone is 1. The van der Waals surface area contributed by atoms with Crippen LogP contribution in [0.1, 0.15) is 5.56 Å². The molecule has 0 saturated carbocycles. The molecular weight excluding hydrogens is 290 g/mol. The number of rotatable bonds is 4. The van der Waals surface area contributed by atoms with Crippen LogP contribution in [0.3, 0.4) is 0 Å². The minimum Gasteiger partial charge on any atom is -0.508 e. The molecule has 2 aromatic rings. The van der Waals surface area contributed by atoms with Crippen molar-refractivity contribution >= 4 is 24.1 Å².